The van der Waals surface area contributed by atoms with Crippen LogP contribution in [0, 0.1) is 0 Å². The van der Waals surface area contributed by atoms with Crippen molar-refractivity contribution in [1.82, 2.24) is 15.0 Å². The zero-order chi connectivity index (χ0) is 14.5. The predicted molar refractivity (Wildman–Crippen MR) is 85.5 cm³/mol. The average molecular weight is 279 g/mol. The second-order valence-corrected chi connectivity index (χ2v) is 4.66. The predicted octanol–water partition coefficient (Wildman–Crippen LogP) is 2.72. The Hall–Kier alpha value is -2.69. The maximum absolute atomic E-state index is 4.50. The number of fused-ring (bicyclic) bond motifs is 1. The molecule has 1 aromatic carbocycles. The van der Waals surface area contributed by atoms with Crippen molar-refractivity contribution in [3.8, 4) is 0 Å². The molecule has 5 heteroatoms. The smallest absolute Gasteiger partial charge is 0.224 e. The number of rotatable bonds is 5. The minimum absolute atomic E-state index is 0.619. The normalized spacial score (nSPS) is 10.5. The summed E-state index contributed by atoms with van der Waals surface area (Å²) in [5, 5.41) is 7.40. The Morgan fingerprint density at radius 2 is 1.86 bits per heavy atom. The lowest BCUT2D eigenvalue weighted by atomic mass is 10.2. The van der Waals surface area contributed by atoms with Crippen molar-refractivity contribution in [3.63, 3.8) is 0 Å². The number of aromatic nitrogens is 3. The molecule has 3 rings (SSSR count). The Morgan fingerprint density at radius 3 is 2.67 bits per heavy atom. The Kier molecular flexibility index (Phi) is 3.91. The monoisotopic (exact) mass is 279 g/mol. The lowest BCUT2D eigenvalue weighted by molar-refractivity contribution is 0.954. The minimum Gasteiger partial charge on any atom is -0.369 e. The summed E-state index contributed by atoms with van der Waals surface area (Å²) in [6, 6.07) is 13.9. The van der Waals surface area contributed by atoms with E-state index >= 15 is 0 Å². The van der Waals surface area contributed by atoms with Gasteiger partial charge in [0, 0.05) is 37.3 Å². The van der Waals surface area contributed by atoms with Gasteiger partial charge < -0.3 is 10.6 Å². The standard InChI is InChI=1S/C16H17N5/c1-17-16-20-14-8-3-2-7-13(14)15(21-16)19-11-9-12-6-4-5-10-18-12/h2-8,10H,9,11H2,1H3,(H2,17,19,20,21). The van der Waals surface area contributed by atoms with Gasteiger partial charge in [-0.15, -0.1) is 0 Å². The minimum atomic E-state index is 0.619. The van der Waals surface area contributed by atoms with Crippen LogP contribution in [0.25, 0.3) is 10.9 Å². The Balaban J connectivity index is 1.79. The Bertz CT molecular complexity index is 727. The van der Waals surface area contributed by atoms with Crippen LogP contribution in [-0.2, 0) is 6.42 Å². The van der Waals surface area contributed by atoms with E-state index in [1.165, 1.54) is 0 Å². The quantitative estimate of drug-likeness (QED) is 0.752. The number of benzene rings is 1. The molecule has 0 aliphatic rings. The third kappa shape index (κ3) is 3.08. The molecule has 21 heavy (non-hydrogen) atoms. The molecule has 106 valence electrons. The number of hydrogen-bond donors (Lipinski definition) is 2. The first kappa shape index (κ1) is 13.3. The first-order chi connectivity index (χ1) is 10.4. The highest BCUT2D eigenvalue weighted by atomic mass is 15.1. The van der Waals surface area contributed by atoms with Gasteiger partial charge in [-0.1, -0.05) is 18.2 Å². The van der Waals surface area contributed by atoms with Crippen LogP contribution < -0.4 is 10.6 Å². The number of nitrogens with zero attached hydrogens (tertiary/aromatic N) is 3. The van der Waals surface area contributed by atoms with E-state index < -0.39 is 0 Å². The SMILES string of the molecule is CNc1nc(NCCc2ccccn2)c2ccccc2n1. The summed E-state index contributed by atoms with van der Waals surface area (Å²) >= 11 is 0. The number of pyridine rings is 1. The topological polar surface area (TPSA) is 62.7 Å². The van der Waals surface area contributed by atoms with Crippen LogP contribution in [-0.4, -0.2) is 28.5 Å². The van der Waals surface area contributed by atoms with E-state index in [0.29, 0.717) is 5.95 Å². The van der Waals surface area contributed by atoms with E-state index in [0.717, 1.165) is 35.4 Å². The maximum atomic E-state index is 4.50. The van der Waals surface area contributed by atoms with E-state index in [1.807, 2.05) is 55.7 Å². The van der Waals surface area contributed by atoms with Crippen molar-refractivity contribution in [2.75, 3.05) is 24.2 Å². The van der Waals surface area contributed by atoms with Crippen LogP contribution in [0.5, 0.6) is 0 Å². The van der Waals surface area contributed by atoms with Gasteiger partial charge in [0.15, 0.2) is 0 Å². The van der Waals surface area contributed by atoms with Gasteiger partial charge in [0.2, 0.25) is 5.95 Å². The molecule has 0 saturated heterocycles. The van der Waals surface area contributed by atoms with Crippen LogP contribution in [0.4, 0.5) is 11.8 Å². The fourth-order valence-electron chi connectivity index (χ4n) is 2.18. The molecule has 2 heterocycles. The van der Waals surface area contributed by atoms with Crippen molar-refractivity contribution in [2.45, 2.75) is 6.42 Å². The molecule has 0 spiro atoms. The van der Waals surface area contributed by atoms with E-state index in [9.17, 15) is 0 Å². The van der Waals surface area contributed by atoms with Gasteiger partial charge >= 0.3 is 0 Å². The Morgan fingerprint density at radius 1 is 1.00 bits per heavy atom. The van der Waals surface area contributed by atoms with Gasteiger partial charge in [-0.3, -0.25) is 4.98 Å². The third-order valence-electron chi connectivity index (χ3n) is 3.23. The average Bonchev–Trinajstić information content (AvgIpc) is 2.55. The fourth-order valence-corrected chi connectivity index (χ4v) is 2.18. The van der Waals surface area contributed by atoms with Crippen LogP contribution in [0.15, 0.2) is 48.7 Å². The van der Waals surface area contributed by atoms with Gasteiger partial charge in [-0.25, -0.2) is 4.98 Å². The van der Waals surface area contributed by atoms with E-state index in [4.69, 9.17) is 0 Å². The summed E-state index contributed by atoms with van der Waals surface area (Å²) < 4.78 is 0. The molecule has 0 radical (unpaired) electrons. The molecule has 2 aromatic heterocycles. The molecule has 0 unspecified atom stereocenters. The molecular formula is C16H17N5. The molecule has 0 amide bonds. The van der Waals surface area contributed by atoms with Gasteiger partial charge in [-0.05, 0) is 24.3 Å². The highest BCUT2D eigenvalue weighted by Crippen LogP contribution is 2.21. The van der Waals surface area contributed by atoms with Crippen LogP contribution in [0.3, 0.4) is 0 Å². The summed E-state index contributed by atoms with van der Waals surface area (Å²) in [6.07, 6.45) is 2.67. The van der Waals surface area contributed by atoms with Crippen molar-refractivity contribution in [3.05, 3.63) is 54.4 Å². The molecule has 0 aliphatic heterocycles. The molecule has 0 bridgehead atoms. The first-order valence-corrected chi connectivity index (χ1v) is 6.95. The molecule has 3 aromatic rings. The molecule has 0 fully saturated rings. The summed E-state index contributed by atoms with van der Waals surface area (Å²) in [6.45, 7) is 0.779. The second kappa shape index (κ2) is 6.17. The van der Waals surface area contributed by atoms with Crippen molar-refractivity contribution in [2.24, 2.45) is 0 Å². The summed E-state index contributed by atoms with van der Waals surface area (Å²) in [5.41, 5.74) is 1.99. The van der Waals surface area contributed by atoms with Gasteiger partial charge in [0.1, 0.15) is 5.82 Å². The van der Waals surface area contributed by atoms with Crippen LogP contribution in [0.1, 0.15) is 5.69 Å². The molecule has 5 nitrogen and oxygen atoms in total. The zero-order valence-corrected chi connectivity index (χ0v) is 11.9. The van der Waals surface area contributed by atoms with Gasteiger partial charge in [-0.2, -0.15) is 4.98 Å². The van der Waals surface area contributed by atoms with Crippen molar-refractivity contribution < 1.29 is 0 Å². The fraction of sp³-hybridized carbons (Fsp3) is 0.188. The Labute approximate surface area is 123 Å². The lowest BCUT2D eigenvalue weighted by Crippen LogP contribution is -2.09. The van der Waals surface area contributed by atoms with Gasteiger partial charge in [0.25, 0.3) is 0 Å². The molecule has 2 N–H and O–H groups in total. The first-order valence-electron chi connectivity index (χ1n) is 6.95. The number of anilines is 2. The second-order valence-electron chi connectivity index (χ2n) is 4.66. The largest absolute Gasteiger partial charge is 0.369 e. The number of para-hydroxylation sites is 1. The van der Waals surface area contributed by atoms with Crippen molar-refractivity contribution in [1.29, 1.82) is 0 Å². The molecule has 0 atom stereocenters. The summed E-state index contributed by atoms with van der Waals surface area (Å²) in [4.78, 5) is 13.3. The van der Waals surface area contributed by atoms with E-state index in [1.54, 1.807) is 0 Å². The maximum Gasteiger partial charge on any atom is 0.224 e. The molecule has 0 saturated carbocycles. The van der Waals surface area contributed by atoms with Gasteiger partial charge in [0.05, 0.1) is 5.52 Å². The third-order valence-corrected chi connectivity index (χ3v) is 3.23. The van der Waals surface area contributed by atoms with Crippen LogP contribution in [0.2, 0.25) is 0 Å². The van der Waals surface area contributed by atoms with Crippen LogP contribution >= 0.6 is 0 Å². The molecule has 0 aliphatic carbocycles. The lowest BCUT2D eigenvalue weighted by Gasteiger charge is -2.10. The highest BCUT2D eigenvalue weighted by Gasteiger charge is 2.06. The number of hydrogen-bond acceptors (Lipinski definition) is 5. The highest BCUT2D eigenvalue weighted by molar-refractivity contribution is 5.89. The van der Waals surface area contributed by atoms with Crippen molar-refractivity contribution >= 4 is 22.7 Å². The van der Waals surface area contributed by atoms with E-state index in [2.05, 4.69) is 25.6 Å². The van der Waals surface area contributed by atoms with E-state index in [-0.39, 0.29) is 0 Å². The number of nitrogens with one attached hydrogen (secondary N) is 2. The summed E-state index contributed by atoms with van der Waals surface area (Å²) in [7, 11) is 1.82. The molecular weight excluding hydrogens is 262 g/mol. The zero-order valence-electron chi connectivity index (χ0n) is 11.9. The summed E-state index contributed by atoms with van der Waals surface area (Å²) in [5.74, 6) is 1.47.